The van der Waals surface area contributed by atoms with Crippen LogP contribution in [-0.2, 0) is 42.8 Å². The van der Waals surface area contributed by atoms with E-state index in [9.17, 15) is 14.4 Å². The Bertz CT molecular complexity index is 1080. The van der Waals surface area contributed by atoms with Crippen LogP contribution < -0.4 is 0 Å². The van der Waals surface area contributed by atoms with E-state index in [1.54, 1.807) is 0 Å². The summed E-state index contributed by atoms with van der Waals surface area (Å²) in [5.74, 6) is -1.40. The molecule has 0 bridgehead atoms. The van der Waals surface area contributed by atoms with Crippen LogP contribution in [0.1, 0.15) is 141 Å². The Morgan fingerprint density at radius 2 is 1.12 bits per heavy atom. The summed E-state index contributed by atoms with van der Waals surface area (Å²) in [6, 6.07) is 0. The van der Waals surface area contributed by atoms with Crippen molar-refractivity contribution >= 4 is 17.9 Å². The number of esters is 3. The fraction of sp³-hybridized carbons (Fsp3) is 0.775. The van der Waals surface area contributed by atoms with Crippen molar-refractivity contribution in [1.82, 2.24) is 0 Å². The van der Waals surface area contributed by atoms with Gasteiger partial charge in [-0.15, -0.1) is 0 Å². The Labute approximate surface area is 298 Å². The van der Waals surface area contributed by atoms with Crippen molar-refractivity contribution in [3.63, 3.8) is 0 Å². The maximum Gasteiger partial charge on any atom is 0.330 e. The highest BCUT2D eigenvalue weighted by molar-refractivity contribution is 5.82. The van der Waals surface area contributed by atoms with Gasteiger partial charge in [-0.3, -0.25) is 0 Å². The van der Waals surface area contributed by atoms with E-state index >= 15 is 0 Å². The summed E-state index contributed by atoms with van der Waals surface area (Å²) in [6.07, 6.45) is 9.23. The molecule has 0 aliphatic rings. The molecule has 284 valence electrons. The van der Waals surface area contributed by atoms with Gasteiger partial charge in [-0.2, -0.15) is 0 Å². The van der Waals surface area contributed by atoms with Gasteiger partial charge in [0.15, 0.2) is 0 Å². The molecule has 0 spiro atoms. The molecule has 0 saturated carbocycles. The molecular weight excluding hydrogens is 624 g/mol. The zero-order valence-electron chi connectivity index (χ0n) is 33.1. The van der Waals surface area contributed by atoms with Crippen LogP contribution in [-0.4, -0.2) is 71.8 Å². The van der Waals surface area contributed by atoms with Crippen molar-refractivity contribution in [3.05, 3.63) is 38.0 Å². The van der Waals surface area contributed by atoms with Crippen LogP contribution >= 0.6 is 0 Å². The summed E-state index contributed by atoms with van der Waals surface area (Å²) >= 11 is 0. The summed E-state index contributed by atoms with van der Waals surface area (Å²) < 4.78 is 37.0. The van der Waals surface area contributed by atoms with E-state index in [1.807, 2.05) is 41.5 Å². The third-order valence-corrected chi connectivity index (χ3v) is 10.3. The van der Waals surface area contributed by atoms with E-state index in [0.717, 1.165) is 12.8 Å². The Morgan fingerprint density at radius 1 is 0.612 bits per heavy atom. The molecule has 0 rings (SSSR count). The molecule has 0 aliphatic heterocycles. The van der Waals surface area contributed by atoms with Crippen LogP contribution in [0.15, 0.2) is 38.0 Å². The first-order valence-electron chi connectivity index (χ1n) is 18.1. The highest BCUT2D eigenvalue weighted by Gasteiger charge is 2.51. The van der Waals surface area contributed by atoms with E-state index in [-0.39, 0.29) is 12.7 Å². The number of ether oxygens (including phenoxy) is 6. The predicted octanol–water partition coefficient (Wildman–Crippen LogP) is 9.02. The molecule has 0 radical (unpaired) electrons. The van der Waals surface area contributed by atoms with Crippen molar-refractivity contribution in [3.8, 4) is 0 Å². The van der Waals surface area contributed by atoms with Crippen molar-refractivity contribution in [2.75, 3.05) is 19.8 Å². The first kappa shape index (κ1) is 46.5. The third kappa shape index (κ3) is 15.5. The fourth-order valence-electron chi connectivity index (χ4n) is 6.14. The van der Waals surface area contributed by atoms with Gasteiger partial charge in [0, 0.05) is 36.5 Å². The lowest BCUT2D eigenvalue weighted by molar-refractivity contribution is -0.206. The van der Waals surface area contributed by atoms with Gasteiger partial charge in [0.2, 0.25) is 0 Å². The molecule has 0 aromatic heterocycles. The Morgan fingerprint density at radius 3 is 1.57 bits per heavy atom. The van der Waals surface area contributed by atoms with Gasteiger partial charge in [-0.05, 0) is 93.4 Å². The normalized spacial score (nSPS) is 17.6. The van der Waals surface area contributed by atoms with Crippen LogP contribution in [0, 0.1) is 5.41 Å². The van der Waals surface area contributed by atoms with Gasteiger partial charge in [0.25, 0.3) is 0 Å². The molecule has 9 nitrogen and oxygen atoms in total. The van der Waals surface area contributed by atoms with Gasteiger partial charge in [0.1, 0.15) is 16.8 Å². The van der Waals surface area contributed by atoms with E-state index in [0.29, 0.717) is 58.2 Å². The molecule has 49 heavy (non-hydrogen) atoms. The molecule has 0 aliphatic carbocycles. The lowest BCUT2D eigenvalue weighted by Gasteiger charge is -2.53. The zero-order valence-corrected chi connectivity index (χ0v) is 33.1. The topological polar surface area (TPSA) is 107 Å². The molecule has 0 fully saturated rings. The highest BCUT2D eigenvalue weighted by atomic mass is 16.6. The average molecular weight is 695 g/mol. The lowest BCUT2D eigenvalue weighted by atomic mass is 9.61. The molecule has 0 saturated heterocycles. The lowest BCUT2D eigenvalue weighted by Crippen LogP contribution is -2.54. The Kier molecular flexibility index (Phi) is 19.3. The Balaban J connectivity index is 6.50. The average Bonchev–Trinajstić information content (AvgIpc) is 3.05. The molecule has 0 aromatic rings. The van der Waals surface area contributed by atoms with Crippen LogP contribution in [0.3, 0.4) is 0 Å². The fourth-order valence-corrected chi connectivity index (χ4v) is 6.14. The SMILES string of the molecule is C=CC(=O)OC(C)(C)CCOC(CC)CC(CC)(CC(C)(C)OCCC(C)(CC)OC(=O)C=C)C(C)(CC)OCC(C)(CC)OC(=O)C=C. The van der Waals surface area contributed by atoms with Gasteiger partial charge >= 0.3 is 17.9 Å². The van der Waals surface area contributed by atoms with Crippen molar-refractivity contribution < 1.29 is 42.8 Å². The number of carbonyl (C=O) groups excluding carboxylic acids is 3. The molecule has 5 atom stereocenters. The minimum absolute atomic E-state index is 0.117. The second-order valence-electron chi connectivity index (χ2n) is 15.1. The second-order valence-corrected chi connectivity index (χ2v) is 15.1. The molecule has 0 N–H and O–H groups in total. The molecule has 0 aromatic carbocycles. The molecule has 0 heterocycles. The summed E-state index contributed by atoms with van der Waals surface area (Å²) in [5, 5.41) is 0. The largest absolute Gasteiger partial charge is 0.456 e. The number of hydrogen-bond acceptors (Lipinski definition) is 9. The smallest absolute Gasteiger partial charge is 0.330 e. The molecule has 9 heteroatoms. The van der Waals surface area contributed by atoms with Crippen LogP contribution in [0.4, 0.5) is 0 Å². The van der Waals surface area contributed by atoms with Gasteiger partial charge in [-0.1, -0.05) is 54.4 Å². The predicted molar refractivity (Wildman–Crippen MR) is 196 cm³/mol. The van der Waals surface area contributed by atoms with Crippen LogP contribution in [0.5, 0.6) is 0 Å². The van der Waals surface area contributed by atoms with Gasteiger partial charge < -0.3 is 28.4 Å². The van der Waals surface area contributed by atoms with Gasteiger partial charge in [0.05, 0.1) is 37.1 Å². The highest BCUT2D eigenvalue weighted by Crippen LogP contribution is 2.51. The minimum atomic E-state index is -0.838. The summed E-state index contributed by atoms with van der Waals surface area (Å²) in [4.78, 5) is 36.1. The first-order valence-corrected chi connectivity index (χ1v) is 18.1. The first-order chi connectivity index (χ1) is 22.6. The number of rotatable bonds is 27. The summed E-state index contributed by atoms with van der Waals surface area (Å²) in [7, 11) is 0. The quantitative estimate of drug-likeness (QED) is 0.0473. The standard InChI is InChI=1S/C40H70O9/c1-16-31(44-26-24-35(9,10)47-32(41)17-2)28-40(23-8,39(15,22-7)46-30-38(14,21-6)49-34(43)19-4)29-36(11,12)45-27-25-37(13,20-5)48-33(42)18-3/h17-19,31H,2-4,16,20-30H2,1,5-15H3. The van der Waals surface area contributed by atoms with Crippen LogP contribution in [0.2, 0.25) is 0 Å². The van der Waals surface area contributed by atoms with Gasteiger partial charge in [-0.25, -0.2) is 14.4 Å². The van der Waals surface area contributed by atoms with Crippen LogP contribution in [0.25, 0.3) is 0 Å². The third-order valence-electron chi connectivity index (χ3n) is 10.3. The van der Waals surface area contributed by atoms with E-state index < -0.39 is 51.3 Å². The number of carbonyl (C=O) groups is 3. The van der Waals surface area contributed by atoms with E-state index in [1.165, 1.54) is 18.2 Å². The molecule has 5 unspecified atom stereocenters. The minimum Gasteiger partial charge on any atom is -0.456 e. The van der Waals surface area contributed by atoms with E-state index in [2.05, 4.69) is 61.3 Å². The molecule has 0 amide bonds. The Hall–Kier alpha value is -2.49. The van der Waals surface area contributed by atoms with E-state index in [4.69, 9.17) is 28.4 Å². The maximum absolute atomic E-state index is 12.2. The second kappa shape index (κ2) is 20.4. The zero-order chi connectivity index (χ0) is 38.2. The van der Waals surface area contributed by atoms with Crippen molar-refractivity contribution in [2.24, 2.45) is 5.41 Å². The maximum atomic E-state index is 12.2. The van der Waals surface area contributed by atoms with Crippen molar-refractivity contribution in [1.29, 1.82) is 0 Å². The molecular formula is C40H70O9. The summed E-state index contributed by atoms with van der Waals surface area (Å²) in [6.45, 7) is 35.8. The summed E-state index contributed by atoms with van der Waals surface area (Å²) in [5.41, 5.74) is -3.90. The monoisotopic (exact) mass is 695 g/mol. The van der Waals surface area contributed by atoms with Crippen molar-refractivity contribution in [2.45, 2.75) is 175 Å². The number of hydrogen-bond donors (Lipinski definition) is 0.